The number of nitrogens with one attached hydrogen (secondary N) is 1. The van der Waals surface area contributed by atoms with Gasteiger partial charge in [-0.1, -0.05) is 18.2 Å². The summed E-state index contributed by atoms with van der Waals surface area (Å²) in [6.07, 6.45) is -0.904. The molecule has 7 heteroatoms. The van der Waals surface area contributed by atoms with Crippen LogP contribution in [0.4, 0.5) is 4.79 Å². The zero-order valence-corrected chi connectivity index (χ0v) is 13.4. The Labute approximate surface area is 125 Å². The fraction of sp³-hybridized carbons (Fsp3) is 0.500. The van der Waals surface area contributed by atoms with Gasteiger partial charge in [-0.05, 0) is 39.8 Å². The van der Waals surface area contributed by atoms with Gasteiger partial charge >= 0.3 is 6.09 Å². The van der Waals surface area contributed by atoms with Crippen LogP contribution in [-0.4, -0.2) is 36.7 Å². The maximum Gasteiger partial charge on any atom is 0.409 e. The van der Waals surface area contributed by atoms with E-state index in [1.165, 1.54) is 12.1 Å². The van der Waals surface area contributed by atoms with Gasteiger partial charge < -0.3 is 15.2 Å². The van der Waals surface area contributed by atoms with Crippen molar-refractivity contribution in [1.82, 2.24) is 5.32 Å². The Morgan fingerprint density at radius 2 is 1.71 bits per heavy atom. The van der Waals surface area contributed by atoms with Crippen LogP contribution in [0.15, 0.2) is 35.2 Å². The number of alkyl carbamates (subject to hydrolysis) is 1. The van der Waals surface area contributed by atoms with Crippen molar-refractivity contribution < 1.29 is 23.1 Å². The number of hydrogen-bond acceptors (Lipinski definition) is 5. The third-order valence-electron chi connectivity index (χ3n) is 2.69. The number of benzene rings is 1. The molecule has 0 aliphatic heterocycles. The molecule has 1 rings (SSSR count). The molecule has 1 aromatic rings. The molecule has 0 fully saturated rings. The summed E-state index contributed by atoms with van der Waals surface area (Å²) in [6, 6.07) is 7.55. The lowest BCUT2D eigenvalue weighted by atomic mass is 10.1. The number of amides is 1. The first-order valence-corrected chi connectivity index (χ1v) is 7.92. The first-order valence-electron chi connectivity index (χ1n) is 6.43. The molecule has 1 amide bonds. The number of carbonyl (C=O) groups excluding carboxylic acids is 1. The first kappa shape index (κ1) is 17.5. The van der Waals surface area contributed by atoms with Gasteiger partial charge in [0.15, 0.2) is 0 Å². The summed E-state index contributed by atoms with van der Waals surface area (Å²) in [5, 5.41) is 11.9. The number of aliphatic hydroxyl groups is 1. The van der Waals surface area contributed by atoms with E-state index in [0.717, 1.165) is 6.92 Å². The van der Waals surface area contributed by atoms with Crippen molar-refractivity contribution >= 4 is 15.9 Å². The van der Waals surface area contributed by atoms with E-state index in [1.807, 2.05) is 0 Å². The number of hydrogen-bond donors (Lipinski definition) is 2. The predicted molar refractivity (Wildman–Crippen MR) is 78.5 cm³/mol. The summed E-state index contributed by atoms with van der Waals surface area (Å²) < 4.78 is 30.0. The van der Waals surface area contributed by atoms with Crippen LogP contribution in [0.3, 0.4) is 0 Å². The zero-order chi connectivity index (χ0) is 16.3. The Kier molecular flexibility index (Phi) is 5.01. The molecule has 0 aliphatic carbocycles. The Hall–Kier alpha value is -1.60. The van der Waals surface area contributed by atoms with E-state index in [1.54, 1.807) is 39.0 Å². The van der Waals surface area contributed by atoms with E-state index in [4.69, 9.17) is 4.74 Å². The van der Waals surface area contributed by atoms with Crippen LogP contribution in [0.25, 0.3) is 0 Å². The maximum absolute atomic E-state index is 12.5. The number of aliphatic hydroxyl groups excluding tert-OH is 1. The second kappa shape index (κ2) is 6.03. The highest BCUT2D eigenvalue weighted by Gasteiger charge is 2.44. The fourth-order valence-electron chi connectivity index (χ4n) is 1.55. The van der Waals surface area contributed by atoms with Crippen molar-refractivity contribution in [1.29, 1.82) is 0 Å². The van der Waals surface area contributed by atoms with Gasteiger partial charge in [0, 0.05) is 5.54 Å². The minimum absolute atomic E-state index is 0.0230. The van der Waals surface area contributed by atoms with Gasteiger partial charge in [0.2, 0.25) is 14.8 Å². The third kappa shape index (κ3) is 4.18. The highest BCUT2D eigenvalue weighted by Crippen LogP contribution is 2.27. The minimum atomic E-state index is -4.03. The molecule has 21 heavy (non-hydrogen) atoms. The molecule has 118 valence electrons. The fourth-order valence-corrected chi connectivity index (χ4v) is 2.92. The molecule has 0 heterocycles. The summed E-state index contributed by atoms with van der Waals surface area (Å²) in [6.45, 7) is 5.52. The Morgan fingerprint density at radius 1 is 1.19 bits per heavy atom. The molecular weight excluding hydrogens is 294 g/mol. The second-order valence-corrected chi connectivity index (χ2v) is 8.21. The normalized spacial score (nSPS) is 15.1. The summed E-state index contributed by atoms with van der Waals surface area (Å²) in [4.78, 5) is 9.73. The second-order valence-electron chi connectivity index (χ2n) is 5.87. The number of rotatable bonds is 4. The Balaban J connectivity index is 3.07. The summed E-state index contributed by atoms with van der Waals surface area (Å²) in [7, 11) is -4.03. The molecule has 0 spiro atoms. The molecule has 1 unspecified atom stereocenters. The van der Waals surface area contributed by atoms with E-state index >= 15 is 0 Å². The lowest BCUT2D eigenvalue weighted by molar-refractivity contribution is 0.0353. The summed E-state index contributed by atoms with van der Waals surface area (Å²) in [5.41, 5.74) is -0.579. The highest BCUT2D eigenvalue weighted by atomic mass is 32.2. The van der Waals surface area contributed by atoms with E-state index in [2.05, 4.69) is 5.32 Å². The number of ether oxygens (including phenoxy) is 1. The van der Waals surface area contributed by atoms with Crippen molar-refractivity contribution in [3.8, 4) is 0 Å². The molecule has 0 bridgehead atoms. The van der Waals surface area contributed by atoms with Crippen LogP contribution >= 0.6 is 0 Å². The molecular formula is C14H21NO5S. The van der Waals surface area contributed by atoms with Gasteiger partial charge in [-0.25, -0.2) is 13.2 Å². The minimum Gasteiger partial charge on any atom is -0.424 e. The SMILES string of the molecule is CC(C)(C)NC(=O)OC(C)(CO)S(=O)(=O)c1ccccc1. The molecule has 0 saturated heterocycles. The lowest BCUT2D eigenvalue weighted by Crippen LogP contribution is -2.49. The van der Waals surface area contributed by atoms with Gasteiger partial charge in [-0.15, -0.1) is 0 Å². The predicted octanol–water partition coefficient (Wildman–Crippen LogP) is 1.69. The average molecular weight is 315 g/mol. The molecule has 2 N–H and O–H groups in total. The smallest absolute Gasteiger partial charge is 0.409 e. The van der Waals surface area contributed by atoms with Gasteiger partial charge in [0.05, 0.1) is 11.5 Å². The molecule has 0 radical (unpaired) electrons. The van der Waals surface area contributed by atoms with Gasteiger partial charge in [-0.2, -0.15) is 0 Å². The van der Waals surface area contributed by atoms with E-state index < -0.39 is 33.0 Å². The number of carbonyl (C=O) groups is 1. The molecule has 0 aliphatic rings. The van der Waals surface area contributed by atoms with Crippen LogP contribution < -0.4 is 5.32 Å². The topological polar surface area (TPSA) is 92.7 Å². The van der Waals surface area contributed by atoms with E-state index in [9.17, 15) is 18.3 Å². The standard InChI is InChI=1S/C14H21NO5S/c1-13(2,3)15-12(17)20-14(4,10-16)21(18,19)11-8-6-5-7-9-11/h5-9,16H,10H2,1-4H3,(H,15,17). The molecule has 0 aromatic heterocycles. The third-order valence-corrected chi connectivity index (χ3v) is 4.94. The summed E-state index contributed by atoms with van der Waals surface area (Å²) >= 11 is 0. The Morgan fingerprint density at radius 3 is 2.14 bits per heavy atom. The Bertz CT molecular complexity index is 592. The van der Waals surface area contributed by atoms with Gasteiger partial charge in [0.1, 0.15) is 0 Å². The van der Waals surface area contributed by atoms with Crippen LogP contribution in [0, 0.1) is 0 Å². The van der Waals surface area contributed by atoms with Crippen LogP contribution in [0.1, 0.15) is 27.7 Å². The van der Waals surface area contributed by atoms with Crippen molar-refractivity contribution in [2.45, 2.75) is 43.1 Å². The zero-order valence-electron chi connectivity index (χ0n) is 12.6. The molecule has 6 nitrogen and oxygen atoms in total. The van der Waals surface area contributed by atoms with Crippen molar-refractivity contribution in [3.63, 3.8) is 0 Å². The first-order chi connectivity index (χ1) is 9.52. The quantitative estimate of drug-likeness (QED) is 0.882. The highest BCUT2D eigenvalue weighted by molar-refractivity contribution is 7.92. The maximum atomic E-state index is 12.5. The van der Waals surface area contributed by atoms with E-state index in [0.29, 0.717) is 0 Å². The average Bonchev–Trinajstić information content (AvgIpc) is 2.37. The van der Waals surface area contributed by atoms with Crippen LogP contribution in [0.2, 0.25) is 0 Å². The molecule has 0 saturated carbocycles. The largest absolute Gasteiger partial charge is 0.424 e. The number of sulfone groups is 1. The summed E-state index contributed by atoms with van der Waals surface area (Å²) in [5.74, 6) is 0. The van der Waals surface area contributed by atoms with Crippen LogP contribution in [-0.2, 0) is 14.6 Å². The molecule has 1 atom stereocenters. The van der Waals surface area contributed by atoms with Crippen molar-refractivity contribution in [2.75, 3.05) is 6.61 Å². The molecule has 1 aromatic carbocycles. The lowest BCUT2D eigenvalue weighted by Gasteiger charge is -2.29. The van der Waals surface area contributed by atoms with Crippen molar-refractivity contribution in [2.24, 2.45) is 0 Å². The van der Waals surface area contributed by atoms with Crippen molar-refractivity contribution in [3.05, 3.63) is 30.3 Å². The van der Waals surface area contributed by atoms with E-state index in [-0.39, 0.29) is 4.90 Å². The monoisotopic (exact) mass is 315 g/mol. The van der Waals surface area contributed by atoms with Gasteiger partial charge in [0.25, 0.3) is 0 Å². The van der Waals surface area contributed by atoms with Crippen LogP contribution in [0.5, 0.6) is 0 Å². The van der Waals surface area contributed by atoms with Gasteiger partial charge in [-0.3, -0.25) is 0 Å².